The molecule has 2 atom stereocenters. The largest absolute Gasteiger partial charge is 0.366 e. The Morgan fingerprint density at radius 2 is 2.08 bits per heavy atom. The second kappa shape index (κ2) is 6.83. The monoisotopic (exact) mass is 355 g/mol. The van der Waals surface area contributed by atoms with Crippen LogP contribution in [-0.4, -0.2) is 22.8 Å². The van der Waals surface area contributed by atoms with Crippen LogP contribution in [0.25, 0.3) is 10.9 Å². The zero-order valence-electron chi connectivity index (χ0n) is 15.1. The number of halogens is 1. The van der Waals surface area contributed by atoms with Gasteiger partial charge in [-0.15, -0.1) is 0 Å². The normalized spacial score (nSPS) is 19.2. The zero-order valence-corrected chi connectivity index (χ0v) is 15.1. The lowest BCUT2D eigenvalue weighted by Crippen LogP contribution is -2.31. The molecule has 1 heterocycles. The Morgan fingerprint density at radius 3 is 2.73 bits per heavy atom. The van der Waals surface area contributed by atoms with Crippen LogP contribution >= 0.6 is 0 Å². The van der Waals surface area contributed by atoms with Crippen LogP contribution in [0.3, 0.4) is 0 Å². The first kappa shape index (κ1) is 18.0. The maximum atomic E-state index is 15.0. The highest BCUT2D eigenvalue weighted by atomic mass is 19.1. The zero-order chi connectivity index (χ0) is 19.0. The number of aryl methyl sites for hydroxylation is 2. The van der Waals surface area contributed by atoms with Gasteiger partial charge in [0, 0.05) is 22.7 Å². The molecule has 0 bridgehead atoms. The number of carbonyl (C=O) groups excluding carboxylic acids is 2. The third kappa shape index (κ3) is 3.05. The summed E-state index contributed by atoms with van der Waals surface area (Å²) < 4.78 is 15.0. The number of primary amides is 1. The summed E-state index contributed by atoms with van der Waals surface area (Å²) >= 11 is 0. The van der Waals surface area contributed by atoms with Crippen LogP contribution in [0.1, 0.15) is 59.3 Å². The van der Waals surface area contributed by atoms with Crippen molar-refractivity contribution in [1.82, 2.24) is 10.3 Å². The van der Waals surface area contributed by atoms with Crippen molar-refractivity contribution in [2.24, 2.45) is 5.73 Å². The highest BCUT2D eigenvalue weighted by molar-refractivity contribution is 6.07. The van der Waals surface area contributed by atoms with Crippen molar-refractivity contribution in [3.05, 3.63) is 34.3 Å². The van der Waals surface area contributed by atoms with Gasteiger partial charge >= 0.3 is 0 Å². The lowest BCUT2D eigenvalue weighted by Gasteiger charge is -2.16. The highest BCUT2D eigenvalue weighted by Gasteiger charge is 2.32. The van der Waals surface area contributed by atoms with Gasteiger partial charge in [0.15, 0.2) is 0 Å². The number of nitrogens with one attached hydrogen (secondary N) is 2. The van der Waals surface area contributed by atoms with Gasteiger partial charge in [-0.05, 0) is 63.5 Å². The van der Waals surface area contributed by atoms with E-state index >= 15 is 0 Å². The first-order valence-corrected chi connectivity index (χ1v) is 8.67. The minimum atomic E-state index is -0.656. The average molecular weight is 355 g/mol. The van der Waals surface area contributed by atoms with Gasteiger partial charge in [0.05, 0.1) is 11.1 Å². The van der Waals surface area contributed by atoms with Crippen LogP contribution in [0.15, 0.2) is 6.07 Å². The number of H-pyrrole nitrogens is 1. The molecule has 4 N–H and O–H groups in total. The van der Waals surface area contributed by atoms with E-state index < -0.39 is 11.7 Å². The minimum Gasteiger partial charge on any atom is -0.366 e. The Balaban J connectivity index is 2.02. The molecule has 2 aromatic rings. The molecular weight excluding hydrogens is 333 g/mol. The first-order chi connectivity index (χ1) is 12.3. The van der Waals surface area contributed by atoms with E-state index in [9.17, 15) is 14.0 Å². The van der Waals surface area contributed by atoms with E-state index in [0.717, 1.165) is 29.5 Å². The van der Waals surface area contributed by atoms with Gasteiger partial charge in [0.25, 0.3) is 11.8 Å². The van der Waals surface area contributed by atoms with Crippen molar-refractivity contribution in [2.75, 3.05) is 0 Å². The second-order valence-corrected chi connectivity index (χ2v) is 6.86. The second-order valence-electron chi connectivity index (χ2n) is 6.86. The molecule has 6 heteroatoms. The van der Waals surface area contributed by atoms with Crippen LogP contribution in [0.4, 0.5) is 4.39 Å². The number of benzene rings is 1. The van der Waals surface area contributed by atoms with Gasteiger partial charge in [-0.1, -0.05) is 5.92 Å². The molecule has 0 radical (unpaired) electrons. The predicted octanol–water partition coefficient (Wildman–Crippen LogP) is 2.80. The van der Waals surface area contributed by atoms with E-state index in [4.69, 9.17) is 5.73 Å². The molecule has 1 aromatic carbocycles. The van der Waals surface area contributed by atoms with Crippen molar-refractivity contribution >= 4 is 22.7 Å². The van der Waals surface area contributed by atoms with E-state index in [1.807, 2.05) is 13.8 Å². The van der Waals surface area contributed by atoms with E-state index in [2.05, 4.69) is 22.1 Å². The summed E-state index contributed by atoms with van der Waals surface area (Å²) in [4.78, 5) is 26.6. The van der Waals surface area contributed by atoms with Crippen LogP contribution in [0, 0.1) is 31.5 Å². The molecule has 0 unspecified atom stereocenters. The van der Waals surface area contributed by atoms with Crippen LogP contribution < -0.4 is 11.1 Å². The van der Waals surface area contributed by atoms with Gasteiger partial charge < -0.3 is 16.0 Å². The van der Waals surface area contributed by atoms with E-state index in [0.29, 0.717) is 17.5 Å². The van der Waals surface area contributed by atoms with E-state index in [1.54, 1.807) is 6.92 Å². The Morgan fingerprint density at radius 1 is 1.35 bits per heavy atom. The molecular formula is C20H22FN3O2. The summed E-state index contributed by atoms with van der Waals surface area (Å²) in [6.07, 6.45) is 2.17. The topological polar surface area (TPSA) is 88.0 Å². The van der Waals surface area contributed by atoms with Crippen molar-refractivity contribution in [3.63, 3.8) is 0 Å². The number of aromatic amines is 1. The van der Waals surface area contributed by atoms with Gasteiger partial charge in [-0.2, -0.15) is 0 Å². The number of aromatic nitrogens is 1. The summed E-state index contributed by atoms with van der Waals surface area (Å²) in [5.74, 6) is 3.63. The molecule has 1 saturated carbocycles. The Hall–Kier alpha value is -2.81. The number of hydrogen-bond acceptors (Lipinski definition) is 2. The smallest absolute Gasteiger partial charge is 0.296 e. The van der Waals surface area contributed by atoms with Crippen molar-refractivity contribution < 1.29 is 14.0 Å². The Labute approximate surface area is 151 Å². The lowest BCUT2D eigenvalue weighted by molar-refractivity contribution is -0.116. The molecule has 1 aliphatic carbocycles. The van der Waals surface area contributed by atoms with Gasteiger partial charge in [-0.25, -0.2) is 4.39 Å². The maximum Gasteiger partial charge on any atom is 0.296 e. The molecule has 1 aromatic heterocycles. The number of carbonyl (C=O) groups is 2. The quantitative estimate of drug-likeness (QED) is 0.739. The summed E-state index contributed by atoms with van der Waals surface area (Å²) in [5.41, 5.74) is 8.59. The SMILES string of the molecule is CC#CC(=O)N[C@@H]1CC[C@H](c2c(F)cc(C(N)=O)c3[nH]c(C)c(C)c23)C1. The van der Waals surface area contributed by atoms with Crippen molar-refractivity contribution in [2.45, 2.75) is 52.0 Å². The lowest BCUT2D eigenvalue weighted by atomic mass is 9.90. The Bertz CT molecular complexity index is 965. The minimum absolute atomic E-state index is 0.0287. The van der Waals surface area contributed by atoms with Gasteiger partial charge in [0.1, 0.15) is 5.82 Å². The predicted molar refractivity (Wildman–Crippen MR) is 98.2 cm³/mol. The molecule has 1 aliphatic rings. The van der Waals surface area contributed by atoms with Crippen molar-refractivity contribution in [1.29, 1.82) is 0 Å². The molecule has 0 saturated heterocycles. The molecule has 1 fully saturated rings. The summed E-state index contributed by atoms with van der Waals surface area (Å²) in [6.45, 7) is 5.41. The summed E-state index contributed by atoms with van der Waals surface area (Å²) in [5, 5.41) is 3.62. The van der Waals surface area contributed by atoms with Gasteiger partial charge in [0.2, 0.25) is 0 Å². The van der Waals surface area contributed by atoms with Crippen LogP contribution in [0.5, 0.6) is 0 Å². The van der Waals surface area contributed by atoms with Crippen molar-refractivity contribution in [3.8, 4) is 11.8 Å². The molecule has 26 heavy (non-hydrogen) atoms. The van der Waals surface area contributed by atoms with E-state index in [1.165, 1.54) is 6.07 Å². The van der Waals surface area contributed by atoms with E-state index in [-0.39, 0.29) is 23.4 Å². The van der Waals surface area contributed by atoms with Crippen LogP contribution in [0.2, 0.25) is 0 Å². The fourth-order valence-electron chi connectivity index (χ4n) is 3.96. The van der Waals surface area contributed by atoms with Crippen LogP contribution in [-0.2, 0) is 4.79 Å². The number of rotatable bonds is 3. The summed E-state index contributed by atoms with van der Waals surface area (Å²) in [7, 11) is 0. The number of amides is 2. The summed E-state index contributed by atoms with van der Waals surface area (Å²) in [6, 6.07) is 1.20. The molecule has 2 amide bonds. The number of nitrogens with two attached hydrogens (primary N) is 1. The average Bonchev–Trinajstić information content (AvgIpc) is 3.13. The highest BCUT2D eigenvalue weighted by Crippen LogP contribution is 2.41. The van der Waals surface area contributed by atoms with Gasteiger partial charge in [-0.3, -0.25) is 9.59 Å². The third-order valence-electron chi connectivity index (χ3n) is 5.25. The Kier molecular flexibility index (Phi) is 4.73. The number of hydrogen-bond donors (Lipinski definition) is 3. The molecule has 0 spiro atoms. The molecule has 136 valence electrons. The molecule has 3 rings (SSSR count). The standard InChI is InChI=1S/C20H22FN3O2/c1-4-5-16(25)24-13-7-6-12(8-13)18-15(21)9-14(20(22)26)19-17(18)10(2)11(3)23-19/h9,12-13,23H,6-8H2,1-3H3,(H2,22,26)(H,24,25)/t12-,13+/m0/s1. The fraction of sp³-hybridized carbons (Fsp3) is 0.400. The third-order valence-corrected chi connectivity index (χ3v) is 5.25. The molecule has 5 nitrogen and oxygen atoms in total. The first-order valence-electron chi connectivity index (χ1n) is 8.67. The maximum absolute atomic E-state index is 15.0. The fourth-order valence-corrected chi connectivity index (χ4v) is 3.96. The molecule has 0 aliphatic heterocycles. The number of fused-ring (bicyclic) bond motifs is 1.